The number of hydrogen-bond acceptors (Lipinski definition) is 7. The average Bonchev–Trinajstić information content (AvgIpc) is 3.30. The maximum absolute atomic E-state index is 13.4. The van der Waals surface area contributed by atoms with Crippen molar-refractivity contribution in [2.45, 2.75) is 22.8 Å². The summed E-state index contributed by atoms with van der Waals surface area (Å²) < 4.78 is 31.8. The summed E-state index contributed by atoms with van der Waals surface area (Å²) in [7, 11) is -2.11. The smallest absolute Gasteiger partial charge is 0.230 e. The molecule has 6 nitrogen and oxygen atoms in total. The van der Waals surface area contributed by atoms with Crippen molar-refractivity contribution < 1.29 is 17.9 Å². The molecule has 0 fully saturated rings. The second-order valence-electron chi connectivity index (χ2n) is 7.51. The maximum Gasteiger partial charge on any atom is 0.230 e. The van der Waals surface area contributed by atoms with Gasteiger partial charge in [0.15, 0.2) is 15.0 Å². The summed E-state index contributed by atoms with van der Waals surface area (Å²) >= 11 is 3.04. The maximum atomic E-state index is 13.4. The Balaban J connectivity index is 1.60. The van der Waals surface area contributed by atoms with Gasteiger partial charge >= 0.3 is 0 Å². The minimum absolute atomic E-state index is 0.146. The summed E-state index contributed by atoms with van der Waals surface area (Å²) in [5.74, 6) is -0.0000635. The lowest BCUT2D eigenvalue weighted by Gasteiger charge is -2.20. The Kier molecular flexibility index (Phi) is 7.55. The highest BCUT2D eigenvalue weighted by Gasteiger charge is 2.24. The SMILES string of the molecule is COc1ccc(S(=O)(=O)CCC(=O)N(Cc2ccccc2)c2nc3c(SC)cccc3s2)cc1. The van der Waals surface area contributed by atoms with Crippen LogP contribution in [0, 0.1) is 0 Å². The lowest BCUT2D eigenvalue weighted by Crippen LogP contribution is -2.31. The van der Waals surface area contributed by atoms with E-state index in [9.17, 15) is 13.2 Å². The molecule has 0 atom stereocenters. The fraction of sp³-hybridized carbons (Fsp3) is 0.200. The first-order valence-corrected chi connectivity index (χ1v) is 14.3. The molecule has 0 saturated heterocycles. The predicted molar refractivity (Wildman–Crippen MR) is 139 cm³/mol. The minimum Gasteiger partial charge on any atom is -0.497 e. The van der Waals surface area contributed by atoms with Gasteiger partial charge < -0.3 is 4.74 Å². The van der Waals surface area contributed by atoms with Gasteiger partial charge in [0.2, 0.25) is 5.91 Å². The standard InChI is InChI=1S/C25H24N2O4S3/c1-31-19-11-13-20(14-12-19)34(29,30)16-15-23(28)27(17-18-7-4-3-5-8-18)25-26-24-21(32-2)9-6-10-22(24)33-25/h3-14H,15-17H2,1-2H3. The third-order valence-electron chi connectivity index (χ3n) is 5.31. The number of amides is 1. The molecule has 9 heteroatoms. The molecule has 0 N–H and O–H groups in total. The van der Waals surface area contributed by atoms with E-state index in [-0.39, 0.29) is 23.0 Å². The zero-order chi connectivity index (χ0) is 24.1. The quantitative estimate of drug-likeness (QED) is 0.279. The summed E-state index contributed by atoms with van der Waals surface area (Å²) in [5.41, 5.74) is 1.80. The first kappa shape index (κ1) is 24.3. The fourth-order valence-corrected chi connectivity index (χ4v) is 6.34. The number of fused-ring (bicyclic) bond motifs is 1. The van der Waals surface area contributed by atoms with Crippen molar-refractivity contribution >= 4 is 54.2 Å². The third kappa shape index (κ3) is 5.43. The minimum atomic E-state index is -3.63. The topological polar surface area (TPSA) is 76.6 Å². The first-order chi connectivity index (χ1) is 16.4. The zero-order valence-corrected chi connectivity index (χ0v) is 21.3. The molecule has 0 bridgehead atoms. The summed E-state index contributed by atoms with van der Waals surface area (Å²) in [6, 6.07) is 21.8. The highest BCUT2D eigenvalue weighted by molar-refractivity contribution is 7.98. The van der Waals surface area contributed by atoms with Crippen molar-refractivity contribution in [2.24, 2.45) is 0 Å². The Morgan fingerprint density at radius 1 is 1.03 bits per heavy atom. The number of nitrogens with zero attached hydrogens (tertiary/aromatic N) is 2. The number of benzene rings is 3. The zero-order valence-electron chi connectivity index (χ0n) is 18.8. The van der Waals surface area contributed by atoms with Crippen LogP contribution in [-0.4, -0.2) is 38.4 Å². The van der Waals surface area contributed by atoms with Crippen molar-refractivity contribution in [3.05, 3.63) is 78.4 Å². The molecule has 3 aromatic carbocycles. The van der Waals surface area contributed by atoms with Crippen LogP contribution in [0.4, 0.5) is 5.13 Å². The molecule has 0 aliphatic rings. The van der Waals surface area contributed by atoms with Gasteiger partial charge in [-0.1, -0.05) is 47.7 Å². The molecule has 1 aromatic heterocycles. The number of methoxy groups -OCH3 is 1. The Morgan fingerprint density at radius 3 is 2.44 bits per heavy atom. The fourth-order valence-electron chi connectivity index (χ4n) is 3.48. The van der Waals surface area contributed by atoms with E-state index in [2.05, 4.69) is 0 Å². The van der Waals surface area contributed by atoms with Crippen LogP contribution in [-0.2, 0) is 21.2 Å². The van der Waals surface area contributed by atoms with Crippen LogP contribution in [0.2, 0.25) is 0 Å². The molecule has 0 radical (unpaired) electrons. The van der Waals surface area contributed by atoms with E-state index in [0.717, 1.165) is 20.7 Å². The molecule has 1 heterocycles. The van der Waals surface area contributed by atoms with Crippen molar-refractivity contribution in [3.8, 4) is 5.75 Å². The van der Waals surface area contributed by atoms with Crippen LogP contribution in [0.3, 0.4) is 0 Å². The van der Waals surface area contributed by atoms with E-state index in [0.29, 0.717) is 17.4 Å². The summed E-state index contributed by atoms with van der Waals surface area (Å²) in [6.07, 6.45) is 1.84. The van der Waals surface area contributed by atoms with E-state index in [1.54, 1.807) is 28.8 Å². The highest BCUT2D eigenvalue weighted by Crippen LogP contribution is 2.35. The molecule has 0 spiro atoms. The van der Waals surface area contributed by atoms with E-state index in [1.807, 2.05) is 54.8 Å². The number of thioether (sulfide) groups is 1. The monoisotopic (exact) mass is 512 g/mol. The van der Waals surface area contributed by atoms with Crippen molar-refractivity contribution in [1.29, 1.82) is 0 Å². The van der Waals surface area contributed by atoms with Crippen LogP contribution < -0.4 is 9.64 Å². The molecule has 0 saturated carbocycles. The Morgan fingerprint density at radius 2 is 1.76 bits per heavy atom. The number of thiazole rings is 1. The number of para-hydroxylation sites is 1. The Hall–Kier alpha value is -2.88. The van der Waals surface area contributed by atoms with E-state index in [4.69, 9.17) is 9.72 Å². The average molecular weight is 513 g/mol. The van der Waals surface area contributed by atoms with Crippen molar-refractivity contribution in [1.82, 2.24) is 4.98 Å². The number of ether oxygens (including phenoxy) is 1. The summed E-state index contributed by atoms with van der Waals surface area (Å²) in [5, 5.41) is 0.562. The second kappa shape index (κ2) is 10.6. The number of sulfone groups is 1. The molecular formula is C25H24N2O4S3. The van der Waals surface area contributed by atoms with Crippen LogP contribution in [0.25, 0.3) is 10.2 Å². The molecule has 1 amide bonds. The molecule has 4 aromatic rings. The molecular weight excluding hydrogens is 488 g/mol. The number of rotatable bonds is 9. The van der Waals surface area contributed by atoms with Crippen molar-refractivity contribution in [2.75, 3.05) is 24.0 Å². The highest BCUT2D eigenvalue weighted by atomic mass is 32.2. The molecule has 0 aliphatic carbocycles. The van der Waals surface area contributed by atoms with Crippen LogP contribution in [0.15, 0.2) is 82.6 Å². The summed E-state index contributed by atoms with van der Waals surface area (Å²) in [6.45, 7) is 0.316. The number of carbonyl (C=O) groups is 1. The molecule has 34 heavy (non-hydrogen) atoms. The molecule has 4 rings (SSSR count). The van der Waals surface area contributed by atoms with Crippen molar-refractivity contribution in [3.63, 3.8) is 0 Å². The first-order valence-electron chi connectivity index (χ1n) is 10.6. The molecule has 176 valence electrons. The van der Waals surface area contributed by atoms with Crippen LogP contribution >= 0.6 is 23.1 Å². The lowest BCUT2D eigenvalue weighted by molar-refractivity contribution is -0.118. The number of anilines is 1. The van der Waals surface area contributed by atoms with Gasteiger partial charge in [-0.15, -0.1) is 11.8 Å². The second-order valence-corrected chi connectivity index (χ2v) is 11.5. The lowest BCUT2D eigenvalue weighted by atomic mass is 10.2. The van der Waals surface area contributed by atoms with Gasteiger partial charge in [-0.2, -0.15) is 0 Å². The molecule has 0 aliphatic heterocycles. The van der Waals surface area contributed by atoms with Crippen LogP contribution in [0.5, 0.6) is 5.75 Å². The van der Waals surface area contributed by atoms with Gasteiger partial charge in [0.05, 0.1) is 34.5 Å². The van der Waals surface area contributed by atoms with E-state index < -0.39 is 9.84 Å². The van der Waals surface area contributed by atoms with Gasteiger partial charge in [0, 0.05) is 11.3 Å². The predicted octanol–water partition coefficient (Wildman–Crippen LogP) is 5.42. The van der Waals surface area contributed by atoms with Crippen LogP contribution in [0.1, 0.15) is 12.0 Å². The van der Waals surface area contributed by atoms with Gasteiger partial charge in [0.1, 0.15) is 5.75 Å². The number of hydrogen-bond donors (Lipinski definition) is 0. The van der Waals surface area contributed by atoms with Gasteiger partial charge in [-0.25, -0.2) is 13.4 Å². The normalized spacial score (nSPS) is 11.5. The van der Waals surface area contributed by atoms with Gasteiger partial charge in [-0.3, -0.25) is 9.69 Å². The van der Waals surface area contributed by atoms with Gasteiger partial charge in [-0.05, 0) is 48.2 Å². The molecule has 0 unspecified atom stereocenters. The van der Waals surface area contributed by atoms with Gasteiger partial charge in [0.25, 0.3) is 0 Å². The van der Waals surface area contributed by atoms with E-state index >= 15 is 0 Å². The Labute approximate surface area is 207 Å². The number of aromatic nitrogens is 1. The van der Waals surface area contributed by atoms with E-state index in [1.165, 1.54) is 30.6 Å². The third-order valence-corrected chi connectivity index (χ3v) is 8.85. The Bertz CT molecular complexity index is 1380. The number of carbonyl (C=O) groups excluding carboxylic acids is 1. The summed E-state index contributed by atoms with van der Waals surface area (Å²) in [4.78, 5) is 20.9. The largest absolute Gasteiger partial charge is 0.497 e.